The van der Waals surface area contributed by atoms with Crippen molar-refractivity contribution in [1.29, 1.82) is 0 Å². The lowest BCUT2D eigenvalue weighted by molar-refractivity contribution is -0.137. The molecule has 0 saturated heterocycles. The number of nitrogens with two attached hydrogens (primary N) is 1. The molecule has 0 radical (unpaired) electrons. The molecule has 0 bridgehead atoms. The summed E-state index contributed by atoms with van der Waals surface area (Å²) < 4.78 is 40.5. The maximum atomic E-state index is 13.0. The summed E-state index contributed by atoms with van der Waals surface area (Å²) in [6, 6.07) is 23.3. The van der Waals surface area contributed by atoms with Gasteiger partial charge in [0.2, 0.25) is 0 Å². The molecule has 0 aliphatic rings. The van der Waals surface area contributed by atoms with Gasteiger partial charge >= 0.3 is 6.18 Å². The summed E-state index contributed by atoms with van der Waals surface area (Å²) in [6.07, 6.45) is -4.44. The van der Waals surface area contributed by atoms with Gasteiger partial charge in [0.25, 0.3) is 5.91 Å². The number of aromatic nitrogens is 2. The molecule has 0 atom stereocenters. The Kier molecular flexibility index (Phi) is 7.45. The third-order valence-electron chi connectivity index (χ3n) is 5.24. The Morgan fingerprint density at radius 2 is 1.71 bits per heavy atom. The van der Waals surface area contributed by atoms with Gasteiger partial charge in [-0.15, -0.1) is 0 Å². The number of nitrogens with zero attached hydrogens (tertiary/aromatic N) is 2. The average molecular weight is 497 g/mol. The number of alkyl halides is 3. The standard InChI is InChI=1S/C26H23F3N4OS/c27-26(28,29)21-8-4-7-20(15-21)23-16-24(30)33(32-23)22-11-9-19(10-12-22)25(34)31-13-14-35-17-18-5-2-1-3-6-18/h1-12,15-16H,13-14,17,30H2,(H,31,34). The van der Waals surface area contributed by atoms with E-state index in [1.54, 1.807) is 42.1 Å². The molecule has 180 valence electrons. The van der Waals surface area contributed by atoms with Crippen LogP contribution in [0.5, 0.6) is 0 Å². The minimum absolute atomic E-state index is 0.185. The zero-order valence-corrected chi connectivity index (χ0v) is 19.4. The molecule has 0 fully saturated rings. The third kappa shape index (κ3) is 6.24. The monoisotopic (exact) mass is 496 g/mol. The van der Waals surface area contributed by atoms with Crippen LogP contribution in [0.2, 0.25) is 0 Å². The molecule has 0 unspecified atom stereocenters. The van der Waals surface area contributed by atoms with Crippen LogP contribution in [0.25, 0.3) is 16.9 Å². The van der Waals surface area contributed by atoms with Gasteiger partial charge in [-0.05, 0) is 42.0 Å². The highest BCUT2D eigenvalue weighted by molar-refractivity contribution is 7.98. The summed E-state index contributed by atoms with van der Waals surface area (Å²) in [7, 11) is 0. The predicted molar refractivity (Wildman–Crippen MR) is 133 cm³/mol. The van der Waals surface area contributed by atoms with Crippen molar-refractivity contribution in [2.75, 3.05) is 18.0 Å². The van der Waals surface area contributed by atoms with Crippen molar-refractivity contribution in [2.24, 2.45) is 0 Å². The second kappa shape index (κ2) is 10.7. The van der Waals surface area contributed by atoms with Crippen LogP contribution < -0.4 is 11.1 Å². The maximum absolute atomic E-state index is 13.0. The number of carbonyl (C=O) groups excluding carboxylic acids is 1. The summed E-state index contributed by atoms with van der Waals surface area (Å²) in [6.45, 7) is 0.546. The number of amides is 1. The Morgan fingerprint density at radius 1 is 0.971 bits per heavy atom. The van der Waals surface area contributed by atoms with E-state index >= 15 is 0 Å². The number of nitrogens with one attached hydrogen (secondary N) is 1. The Hall–Kier alpha value is -3.72. The maximum Gasteiger partial charge on any atom is 0.416 e. The molecule has 5 nitrogen and oxygen atoms in total. The van der Waals surface area contributed by atoms with Crippen LogP contribution in [0.4, 0.5) is 19.0 Å². The first-order chi connectivity index (χ1) is 16.8. The molecule has 35 heavy (non-hydrogen) atoms. The number of carbonyl (C=O) groups is 1. The van der Waals surface area contributed by atoms with E-state index in [1.807, 2.05) is 18.2 Å². The fourth-order valence-corrected chi connectivity index (χ4v) is 4.27. The van der Waals surface area contributed by atoms with E-state index < -0.39 is 11.7 Å². The first-order valence-corrected chi connectivity index (χ1v) is 12.0. The molecule has 3 aromatic carbocycles. The van der Waals surface area contributed by atoms with E-state index in [0.717, 1.165) is 23.6 Å². The molecule has 0 aliphatic heterocycles. The van der Waals surface area contributed by atoms with Crippen molar-refractivity contribution in [2.45, 2.75) is 11.9 Å². The van der Waals surface area contributed by atoms with E-state index in [-0.39, 0.29) is 11.7 Å². The molecule has 0 spiro atoms. The van der Waals surface area contributed by atoms with Gasteiger partial charge in [0.15, 0.2) is 0 Å². The van der Waals surface area contributed by atoms with Gasteiger partial charge in [-0.1, -0.05) is 42.5 Å². The lowest BCUT2D eigenvalue weighted by Gasteiger charge is -2.08. The molecule has 1 amide bonds. The normalized spacial score (nSPS) is 11.4. The second-order valence-electron chi connectivity index (χ2n) is 7.79. The number of hydrogen-bond donors (Lipinski definition) is 2. The highest BCUT2D eigenvalue weighted by atomic mass is 32.2. The Morgan fingerprint density at radius 3 is 2.43 bits per heavy atom. The third-order valence-corrected chi connectivity index (χ3v) is 6.27. The average Bonchev–Trinajstić information content (AvgIpc) is 3.25. The summed E-state index contributed by atoms with van der Waals surface area (Å²) in [5.41, 5.74) is 8.28. The van der Waals surface area contributed by atoms with Gasteiger partial charge in [0.05, 0.1) is 16.9 Å². The highest BCUT2D eigenvalue weighted by Crippen LogP contribution is 2.32. The van der Waals surface area contributed by atoms with Crippen molar-refractivity contribution in [3.05, 3.63) is 102 Å². The second-order valence-corrected chi connectivity index (χ2v) is 8.89. The first kappa shape index (κ1) is 24.4. The van der Waals surface area contributed by atoms with Gasteiger partial charge in [0.1, 0.15) is 5.82 Å². The van der Waals surface area contributed by atoms with Crippen LogP contribution in [0.1, 0.15) is 21.5 Å². The zero-order chi connectivity index (χ0) is 24.8. The molecule has 0 saturated carbocycles. The summed E-state index contributed by atoms with van der Waals surface area (Å²) in [5.74, 6) is 1.76. The van der Waals surface area contributed by atoms with Crippen LogP contribution in [-0.4, -0.2) is 28.0 Å². The minimum atomic E-state index is -4.44. The minimum Gasteiger partial charge on any atom is -0.384 e. The highest BCUT2D eigenvalue weighted by Gasteiger charge is 2.30. The van der Waals surface area contributed by atoms with Gasteiger partial charge < -0.3 is 11.1 Å². The lowest BCUT2D eigenvalue weighted by atomic mass is 10.1. The van der Waals surface area contributed by atoms with E-state index in [2.05, 4.69) is 22.5 Å². The van der Waals surface area contributed by atoms with Gasteiger partial charge in [0, 0.05) is 35.2 Å². The number of benzene rings is 3. The van der Waals surface area contributed by atoms with Crippen molar-refractivity contribution < 1.29 is 18.0 Å². The predicted octanol–water partition coefficient (Wildman–Crippen LogP) is 5.80. The van der Waals surface area contributed by atoms with Crippen molar-refractivity contribution >= 4 is 23.5 Å². The lowest BCUT2D eigenvalue weighted by Crippen LogP contribution is -2.25. The van der Waals surface area contributed by atoms with Crippen LogP contribution in [0.15, 0.2) is 84.9 Å². The quantitative estimate of drug-likeness (QED) is 0.302. The molecular weight excluding hydrogens is 473 g/mol. The Labute approximate surface area is 205 Å². The summed E-state index contributed by atoms with van der Waals surface area (Å²) in [4.78, 5) is 12.4. The van der Waals surface area contributed by atoms with Crippen LogP contribution >= 0.6 is 11.8 Å². The number of thioether (sulfide) groups is 1. The fourth-order valence-electron chi connectivity index (χ4n) is 3.46. The molecule has 0 aliphatic carbocycles. The Bertz CT molecular complexity index is 1290. The molecule has 3 N–H and O–H groups in total. The number of nitrogen functional groups attached to an aromatic ring is 1. The molecule has 4 aromatic rings. The molecule has 9 heteroatoms. The van der Waals surface area contributed by atoms with E-state index in [9.17, 15) is 18.0 Å². The largest absolute Gasteiger partial charge is 0.416 e. The number of hydrogen-bond acceptors (Lipinski definition) is 4. The van der Waals surface area contributed by atoms with Crippen molar-refractivity contribution in [1.82, 2.24) is 15.1 Å². The van der Waals surface area contributed by atoms with Gasteiger partial charge in [-0.25, -0.2) is 4.68 Å². The van der Waals surface area contributed by atoms with Crippen molar-refractivity contribution in [3.8, 4) is 16.9 Å². The van der Waals surface area contributed by atoms with Crippen LogP contribution in [-0.2, 0) is 11.9 Å². The Balaban J connectivity index is 1.36. The molecule has 1 heterocycles. The molecule has 4 rings (SSSR count). The van der Waals surface area contributed by atoms with E-state index in [0.29, 0.717) is 29.1 Å². The van der Waals surface area contributed by atoms with Gasteiger partial charge in [-0.3, -0.25) is 4.79 Å². The zero-order valence-electron chi connectivity index (χ0n) is 18.6. The number of rotatable bonds is 8. The number of halogens is 3. The van der Waals surface area contributed by atoms with E-state index in [1.165, 1.54) is 22.4 Å². The summed E-state index contributed by atoms with van der Waals surface area (Å²) in [5, 5.41) is 7.26. The van der Waals surface area contributed by atoms with Gasteiger partial charge in [-0.2, -0.15) is 30.0 Å². The van der Waals surface area contributed by atoms with Crippen LogP contribution in [0, 0.1) is 0 Å². The number of anilines is 1. The fraction of sp³-hybridized carbons (Fsp3) is 0.154. The van der Waals surface area contributed by atoms with Crippen molar-refractivity contribution in [3.63, 3.8) is 0 Å². The summed E-state index contributed by atoms with van der Waals surface area (Å²) >= 11 is 1.74. The topological polar surface area (TPSA) is 72.9 Å². The smallest absolute Gasteiger partial charge is 0.384 e. The van der Waals surface area contributed by atoms with E-state index in [4.69, 9.17) is 5.73 Å². The van der Waals surface area contributed by atoms with Crippen LogP contribution in [0.3, 0.4) is 0 Å². The molecular formula is C26H23F3N4OS. The molecule has 1 aromatic heterocycles. The SMILES string of the molecule is Nc1cc(-c2cccc(C(F)(F)F)c2)nn1-c1ccc(C(=O)NCCSCc2ccccc2)cc1. The first-order valence-electron chi connectivity index (χ1n) is 10.8.